The summed E-state index contributed by atoms with van der Waals surface area (Å²) in [6, 6.07) is 0. The minimum absolute atomic E-state index is 1.05. The fraction of sp³-hybridized carbons (Fsp3) is 0.875. The van der Waals surface area contributed by atoms with E-state index in [0.717, 1.165) is 6.42 Å². The Kier molecular flexibility index (Phi) is 3.87. The van der Waals surface area contributed by atoms with Gasteiger partial charge in [-0.1, -0.05) is 0 Å². The molecule has 9 heavy (non-hydrogen) atoms. The van der Waals surface area contributed by atoms with Gasteiger partial charge in [-0.05, 0) is 27.2 Å². The van der Waals surface area contributed by atoms with Crippen LogP contribution in [0.5, 0.6) is 0 Å². The van der Waals surface area contributed by atoms with Crippen molar-refractivity contribution in [1.82, 2.24) is 0 Å². The van der Waals surface area contributed by atoms with Crippen molar-refractivity contribution in [3.63, 3.8) is 0 Å². The zero-order valence-electron chi connectivity index (χ0n) is 6.98. The molecule has 0 aliphatic carbocycles. The smallest absolute Gasteiger partial charge is 0.0784 e. The molecule has 55 valence electrons. The summed E-state index contributed by atoms with van der Waals surface area (Å²) in [4.78, 5) is 0. The van der Waals surface area contributed by atoms with Crippen molar-refractivity contribution in [2.75, 3.05) is 26.7 Å². The number of quaternary nitrogens is 1. The Morgan fingerprint density at radius 2 is 1.67 bits per heavy atom. The van der Waals surface area contributed by atoms with Crippen LogP contribution in [0.3, 0.4) is 0 Å². The van der Waals surface area contributed by atoms with Crippen LogP contribution in [-0.2, 0) is 0 Å². The minimum Gasteiger partial charge on any atom is -0.327 e. The fourth-order valence-corrected chi connectivity index (χ4v) is 0.922. The number of rotatable bonds is 4. The van der Waals surface area contributed by atoms with Crippen LogP contribution in [0, 0.1) is 6.92 Å². The highest BCUT2D eigenvalue weighted by Gasteiger charge is 2.13. The van der Waals surface area contributed by atoms with Crippen LogP contribution in [0.4, 0.5) is 0 Å². The van der Waals surface area contributed by atoms with Gasteiger partial charge in [0.2, 0.25) is 0 Å². The van der Waals surface area contributed by atoms with E-state index in [1.165, 1.54) is 24.1 Å². The molecule has 0 rings (SSSR count). The Bertz CT molecular complexity index is 65.0. The van der Waals surface area contributed by atoms with Gasteiger partial charge >= 0.3 is 0 Å². The minimum atomic E-state index is 1.05. The highest BCUT2D eigenvalue weighted by atomic mass is 15.3. The van der Waals surface area contributed by atoms with Gasteiger partial charge in [-0.2, -0.15) is 0 Å². The van der Waals surface area contributed by atoms with E-state index in [0.29, 0.717) is 0 Å². The van der Waals surface area contributed by atoms with E-state index < -0.39 is 0 Å². The molecule has 0 bridgehead atoms. The average molecular weight is 129 g/mol. The van der Waals surface area contributed by atoms with E-state index in [4.69, 9.17) is 0 Å². The van der Waals surface area contributed by atoms with Crippen LogP contribution < -0.4 is 0 Å². The van der Waals surface area contributed by atoms with Crippen molar-refractivity contribution >= 4 is 0 Å². The Labute approximate surface area is 59.3 Å². The maximum atomic E-state index is 3.85. The van der Waals surface area contributed by atoms with Crippen LogP contribution in [0.1, 0.15) is 20.3 Å². The van der Waals surface area contributed by atoms with Crippen LogP contribution in [-0.4, -0.2) is 31.2 Å². The van der Waals surface area contributed by atoms with Crippen LogP contribution in [0.15, 0.2) is 0 Å². The highest BCUT2D eigenvalue weighted by Crippen LogP contribution is 2.01. The second kappa shape index (κ2) is 3.89. The molecule has 0 amide bonds. The van der Waals surface area contributed by atoms with E-state index in [9.17, 15) is 0 Å². The lowest BCUT2D eigenvalue weighted by atomic mass is 10.3. The Balaban J connectivity index is 3.62. The molecular weight excluding hydrogens is 110 g/mol. The molecule has 0 aromatic heterocycles. The van der Waals surface area contributed by atoms with Gasteiger partial charge in [-0.25, -0.2) is 0 Å². The number of nitrogens with zero attached hydrogens (tertiary/aromatic N) is 1. The number of hydrogen-bond acceptors (Lipinski definition) is 0. The largest absolute Gasteiger partial charge is 0.327 e. The summed E-state index contributed by atoms with van der Waals surface area (Å²) in [5.74, 6) is 0. The summed E-state index contributed by atoms with van der Waals surface area (Å²) in [7, 11) is 2.28. The van der Waals surface area contributed by atoms with Gasteiger partial charge < -0.3 is 4.48 Å². The standard InChI is InChI=1S/C8H19N/c1-5-8-9(4,6-2)7-3/h1,5-8H2,2-4H3/q+1. The molecule has 0 saturated carbocycles. The van der Waals surface area contributed by atoms with Gasteiger partial charge in [0.25, 0.3) is 0 Å². The first-order valence-electron chi connectivity index (χ1n) is 3.81. The van der Waals surface area contributed by atoms with E-state index in [-0.39, 0.29) is 0 Å². The van der Waals surface area contributed by atoms with Crippen molar-refractivity contribution in [2.45, 2.75) is 20.3 Å². The zero-order chi connectivity index (χ0) is 7.33. The van der Waals surface area contributed by atoms with Gasteiger partial charge in [0.15, 0.2) is 0 Å². The third-order valence-corrected chi connectivity index (χ3v) is 2.22. The zero-order valence-corrected chi connectivity index (χ0v) is 6.98. The van der Waals surface area contributed by atoms with Crippen molar-refractivity contribution in [3.05, 3.63) is 6.92 Å². The second-order valence-electron chi connectivity index (χ2n) is 2.83. The monoisotopic (exact) mass is 129 g/mol. The first kappa shape index (κ1) is 8.96. The maximum absolute atomic E-state index is 3.85. The maximum Gasteiger partial charge on any atom is 0.0784 e. The summed E-state index contributed by atoms with van der Waals surface area (Å²) in [5.41, 5.74) is 0. The molecule has 0 saturated heterocycles. The first-order valence-corrected chi connectivity index (χ1v) is 3.81. The summed E-state index contributed by atoms with van der Waals surface area (Å²) in [6.07, 6.45) is 1.05. The van der Waals surface area contributed by atoms with Gasteiger partial charge in [-0.3, -0.25) is 0 Å². The third-order valence-electron chi connectivity index (χ3n) is 2.22. The van der Waals surface area contributed by atoms with Crippen molar-refractivity contribution in [3.8, 4) is 0 Å². The quantitative estimate of drug-likeness (QED) is 0.507. The average Bonchev–Trinajstić information content (AvgIpc) is 1.89. The molecule has 0 N–H and O–H groups in total. The summed E-state index contributed by atoms with van der Waals surface area (Å²) < 4.78 is 1.17. The topological polar surface area (TPSA) is 0 Å². The third kappa shape index (κ3) is 2.85. The predicted molar refractivity (Wildman–Crippen MR) is 42.1 cm³/mol. The SMILES string of the molecule is [CH2]CC[N+](C)(CC)CC. The van der Waals surface area contributed by atoms with E-state index in [2.05, 4.69) is 27.8 Å². The highest BCUT2D eigenvalue weighted by molar-refractivity contribution is 4.38. The van der Waals surface area contributed by atoms with Gasteiger partial charge in [-0.15, -0.1) is 0 Å². The summed E-state index contributed by atoms with van der Waals surface area (Å²) >= 11 is 0. The molecule has 1 heteroatoms. The Morgan fingerprint density at radius 3 is 1.78 bits per heavy atom. The van der Waals surface area contributed by atoms with Crippen molar-refractivity contribution < 1.29 is 4.48 Å². The molecule has 0 aliphatic rings. The number of hydrogen-bond donors (Lipinski definition) is 0. The molecule has 0 spiro atoms. The van der Waals surface area contributed by atoms with Gasteiger partial charge in [0, 0.05) is 0 Å². The van der Waals surface area contributed by atoms with Crippen LogP contribution in [0.25, 0.3) is 0 Å². The van der Waals surface area contributed by atoms with Crippen molar-refractivity contribution in [1.29, 1.82) is 0 Å². The van der Waals surface area contributed by atoms with Gasteiger partial charge in [0.1, 0.15) is 0 Å². The molecule has 0 heterocycles. The molecule has 0 aromatic rings. The van der Waals surface area contributed by atoms with E-state index >= 15 is 0 Å². The van der Waals surface area contributed by atoms with E-state index in [1.54, 1.807) is 0 Å². The lowest BCUT2D eigenvalue weighted by molar-refractivity contribution is -0.905. The summed E-state index contributed by atoms with van der Waals surface area (Å²) in [6.45, 7) is 12.0. The summed E-state index contributed by atoms with van der Waals surface area (Å²) in [5, 5.41) is 0. The lowest BCUT2D eigenvalue weighted by Crippen LogP contribution is -2.43. The molecule has 0 unspecified atom stereocenters. The van der Waals surface area contributed by atoms with Crippen LogP contribution in [0.2, 0.25) is 0 Å². The molecule has 1 radical (unpaired) electrons. The van der Waals surface area contributed by atoms with Crippen LogP contribution >= 0.6 is 0 Å². The first-order chi connectivity index (χ1) is 4.18. The Morgan fingerprint density at radius 1 is 1.22 bits per heavy atom. The molecule has 1 nitrogen and oxygen atoms in total. The van der Waals surface area contributed by atoms with Crippen molar-refractivity contribution in [2.24, 2.45) is 0 Å². The normalized spacial score (nSPS) is 12.0. The molecule has 0 aliphatic heterocycles. The molecule has 0 fully saturated rings. The molecular formula is C8H19N+. The Hall–Kier alpha value is -0.0400. The van der Waals surface area contributed by atoms with E-state index in [1.807, 2.05) is 0 Å². The molecule has 0 aromatic carbocycles. The van der Waals surface area contributed by atoms with Gasteiger partial charge in [0.05, 0.1) is 26.7 Å². The second-order valence-corrected chi connectivity index (χ2v) is 2.83. The fourth-order valence-electron chi connectivity index (χ4n) is 0.922. The lowest BCUT2D eigenvalue weighted by Gasteiger charge is -2.31. The molecule has 0 atom stereocenters. The predicted octanol–water partition coefficient (Wildman–Crippen LogP) is 1.70.